The van der Waals surface area contributed by atoms with Gasteiger partial charge in [0.2, 0.25) is 0 Å². The van der Waals surface area contributed by atoms with Gasteiger partial charge in [-0.1, -0.05) is 35.9 Å². The molecule has 0 saturated heterocycles. The minimum Gasteiger partial charge on any atom is -0.493 e. The lowest BCUT2D eigenvalue weighted by molar-refractivity contribution is -0.125. The van der Waals surface area contributed by atoms with E-state index < -0.39 is 24.4 Å². The van der Waals surface area contributed by atoms with Crippen LogP contribution < -0.4 is 25.1 Å². The van der Waals surface area contributed by atoms with Gasteiger partial charge in [0, 0.05) is 5.56 Å². The van der Waals surface area contributed by atoms with Crippen LogP contribution in [0, 0.1) is 6.92 Å². The number of hydrogen-bond acceptors (Lipinski definition) is 7. The third-order valence-corrected chi connectivity index (χ3v) is 4.85. The summed E-state index contributed by atoms with van der Waals surface area (Å²) < 4.78 is 21.1. The maximum absolute atomic E-state index is 12.3. The number of carbonyl (C=O) groups is 3. The van der Waals surface area contributed by atoms with Crippen molar-refractivity contribution in [3.05, 3.63) is 89.0 Å². The Kier molecular flexibility index (Phi) is 8.66. The van der Waals surface area contributed by atoms with Gasteiger partial charge < -0.3 is 18.9 Å². The molecule has 0 radical (unpaired) electrons. The fourth-order valence-electron chi connectivity index (χ4n) is 3.11. The summed E-state index contributed by atoms with van der Waals surface area (Å²) in [6.07, 6.45) is 0. The molecule has 0 aliphatic rings. The predicted octanol–water partition coefficient (Wildman–Crippen LogP) is 3.21. The van der Waals surface area contributed by atoms with E-state index in [4.69, 9.17) is 18.9 Å². The van der Waals surface area contributed by atoms with E-state index in [1.165, 1.54) is 32.4 Å². The SMILES string of the molecule is COc1ccc(C(=O)NNC(=O)COC(=O)c2cccc(OCc3cccc(C)c3)c2)cc1OC. The van der Waals surface area contributed by atoms with Crippen molar-refractivity contribution in [2.45, 2.75) is 13.5 Å². The van der Waals surface area contributed by atoms with Gasteiger partial charge in [0.25, 0.3) is 11.8 Å². The minimum atomic E-state index is -0.709. The van der Waals surface area contributed by atoms with Gasteiger partial charge >= 0.3 is 5.97 Å². The first-order valence-electron chi connectivity index (χ1n) is 10.7. The van der Waals surface area contributed by atoms with Crippen molar-refractivity contribution in [2.24, 2.45) is 0 Å². The molecule has 0 unspecified atom stereocenters. The van der Waals surface area contributed by atoms with Crippen molar-refractivity contribution >= 4 is 17.8 Å². The Balaban J connectivity index is 1.47. The first-order valence-corrected chi connectivity index (χ1v) is 10.7. The predicted molar refractivity (Wildman–Crippen MR) is 127 cm³/mol. The first kappa shape index (κ1) is 25.1. The van der Waals surface area contributed by atoms with Crippen LogP contribution in [0.15, 0.2) is 66.7 Å². The van der Waals surface area contributed by atoms with E-state index >= 15 is 0 Å². The Labute approximate surface area is 202 Å². The highest BCUT2D eigenvalue weighted by atomic mass is 16.5. The molecular formula is C26H26N2O7. The van der Waals surface area contributed by atoms with Gasteiger partial charge in [0.15, 0.2) is 18.1 Å². The van der Waals surface area contributed by atoms with Gasteiger partial charge in [-0.25, -0.2) is 4.79 Å². The largest absolute Gasteiger partial charge is 0.493 e. The molecule has 3 aromatic carbocycles. The number of aryl methyl sites for hydroxylation is 1. The fraction of sp³-hybridized carbons (Fsp3) is 0.192. The average molecular weight is 479 g/mol. The van der Waals surface area contributed by atoms with Crippen LogP contribution in [0.2, 0.25) is 0 Å². The van der Waals surface area contributed by atoms with E-state index in [-0.39, 0.29) is 11.1 Å². The molecule has 0 atom stereocenters. The number of rotatable bonds is 9. The zero-order chi connectivity index (χ0) is 25.2. The quantitative estimate of drug-likeness (QED) is 0.359. The monoisotopic (exact) mass is 478 g/mol. The first-order chi connectivity index (χ1) is 16.9. The molecule has 9 nitrogen and oxygen atoms in total. The highest BCUT2D eigenvalue weighted by Crippen LogP contribution is 2.27. The van der Waals surface area contributed by atoms with E-state index in [9.17, 15) is 14.4 Å². The molecule has 0 aliphatic heterocycles. The third kappa shape index (κ3) is 7.23. The zero-order valence-corrected chi connectivity index (χ0v) is 19.6. The van der Waals surface area contributed by atoms with Crippen molar-refractivity contribution in [3.63, 3.8) is 0 Å². The highest BCUT2D eigenvalue weighted by Gasteiger charge is 2.14. The molecule has 0 spiro atoms. The lowest BCUT2D eigenvalue weighted by Crippen LogP contribution is -2.43. The number of amides is 2. The lowest BCUT2D eigenvalue weighted by atomic mass is 10.1. The van der Waals surface area contributed by atoms with E-state index in [0.29, 0.717) is 23.9 Å². The molecular weight excluding hydrogens is 452 g/mol. The van der Waals surface area contributed by atoms with Crippen LogP contribution in [0.1, 0.15) is 31.8 Å². The standard InChI is InChI=1S/C26H26N2O7/c1-17-6-4-7-18(12-17)15-34-21-9-5-8-20(13-21)26(31)35-16-24(29)27-28-25(30)19-10-11-22(32-2)23(14-19)33-3/h4-14H,15-16H2,1-3H3,(H,27,29)(H,28,30). The summed E-state index contributed by atoms with van der Waals surface area (Å²) in [5.41, 5.74) is 7.05. The normalized spacial score (nSPS) is 10.1. The average Bonchev–Trinajstić information content (AvgIpc) is 2.88. The second-order valence-corrected chi connectivity index (χ2v) is 7.45. The molecule has 182 valence electrons. The van der Waals surface area contributed by atoms with Crippen LogP contribution in [0.4, 0.5) is 0 Å². The lowest BCUT2D eigenvalue weighted by Gasteiger charge is -2.11. The topological polar surface area (TPSA) is 112 Å². The molecule has 0 aromatic heterocycles. The number of ether oxygens (including phenoxy) is 4. The van der Waals surface area contributed by atoms with Crippen molar-refractivity contribution in [2.75, 3.05) is 20.8 Å². The number of hydrazine groups is 1. The second kappa shape index (κ2) is 12.1. The molecule has 2 amide bonds. The molecule has 3 aromatic rings. The highest BCUT2D eigenvalue weighted by molar-refractivity contribution is 5.96. The van der Waals surface area contributed by atoms with Crippen molar-refractivity contribution in [3.8, 4) is 17.2 Å². The van der Waals surface area contributed by atoms with Gasteiger partial charge in [-0.05, 0) is 48.9 Å². The van der Waals surface area contributed by atoms with Crippen molar-refractivity contribution in [1.82, 2.24) is 10.9 Å². The molecule has 0 heterocycles. The van der Waals surface area contributed by atoms with Gasteiger partial charge in [-0.15, -0.1) is 0 Å². The van der Waals surface area contributed by atoms with E-state index in [0.717, 1.165) is 11.1 Å². The summed E-state index contributed by atoms with van der Waals surface area (Å²) in [5.74, 6) is -0.668. The van der Waals surface area contributed by atoms with Crippen LogP contribution in [0.5, 0.6) is 17.2 Å². The molecule has 0 fully saturated rings. The summed E-state index contributed by atoms with van der Waals surface area (Å²) in [6, 6.07) is 18.9. The number of carbonyl (C=O) groups excluding carboxylic acids is 3. The Morgan fingerprint density at radius 2 is 1.57 bits per heavy atom. The summed E-state index contributed by atoms with van der Waals surface area (Å²) in [6.45, 7) is 1.76. The summed E-state index contributed by atoms with van der Waals surface area (Å²) in [5, 5.41) is 0. The third-order valence-electron chi connectivity index (χ3n) is 4.85. The molecule has 35 heavy (non-hydrogen) atoms. The van der Waals surface area contributed by atoms with Crippen molar-refractivity contribution < 1.29 is 33.3 Å². The molecule has 0 saturated carbocycles. The molecule has 3 rings (SSSR count). The second-order valence-electron chi connectivity index (χ2n) is 7.45. The van der Waals surface area contributed by atoms with Gasteiger partial charge in [-0.2, -0.15) is 0 Å². The number of methoxy groups -OCH3 is 2. The summed E-state index contributed by atoms with van der Waals surface area (Å²) in [4.78, 5) is 36.6. The van der Waals surface area contributed by atoms with Gasteiger partial charge in [0.1, 0.15) is 12.4 Å². The van der Waals surface area contributed by atoms with E-state index in [2.05, 4.69) is 10.9 Å². The Morgan fingerprint density at radius 3 is 2.31 bits per heavy atom. The molecule has 0 bridgehead atoms. The van der Waals surface area contributed by atoms with Crippen LogP contribution >= 0.6 is 0 Å². The Bertz CT molecular complexity index is 1210. The number of benzene rings is 3. The van der Waals surface area contributed by atoms with Crippen LogP contribution in [0.3, 0.4) is 0 Å². The minimum absolute atomic E-state index is 0.230. The zero-order valence-electron chi connectivity index (χ0n) is 19.6. The summed E-state index contributed by atoms with van der Waals surface area (Å²) >= 11 is 0. The number of esters is 1. The van der Waals surface area contributed by atoms with Crippen LogP contribution in [-0.4, -0.2) is 38.6 Å². The molecule has 0 aliphatic carbocycles. The van der Waals surface area contributed by atoms with Crippen LogP contribution in [0.25, 0.3) is 0 Å². The molecule has 9 heteroatoms. The number of hydrogen-bond donors (Lipinski definition) is 2. The maximum Gasteiger partial charge on any atom is 0.338 e. The molecule has 2 N–H and O–H groups in total. The number of nitrogens with one attached hydrogen (secondary N) is 2. The summed E-state index contributed by atoms with van der Waals surface area (Å²) in [7, 11) is 2.93. The maximum atomic E-state index is 12.3. The Hall–Kier alpha value is -4.53. The van der Waals surface area contributed by atoms with Crippen LogP contribution in [-0.2, 0) is 16.1 Å². The van der Waals surface area contributed by atoms with E-state index in [1.807, 2.05) is 31.2 Å². The van der Waals surface area contributed by atoms with Gasteiger partial charge in [0.05, 0.1) is 19.8 Å². The van der Waals surface area contributed by atoms with E-state index in [1.54, 1.807) is 24.3 Å². The smallest absolute Gasteiger partial charge is 0.338 e. The van der Waals surface area contributed by atoms with Crippen molar-refractivity contribution in [1.29, 1.82) is 0 Å². The van der Waals surface area contributed by atoms with Gasteiger partial charge in [-0.3, -0.25) is 20.4 Å². The Morgan fingerprint density at radius 1 is 0.800 bits per heavy atom. The fourth-order valence-corrected chi connectivity index (χ4v) is 3.11.